The van der Waals surface area contributed by atoms with Crippen LogP contribution >= 0.6 is 11.5 Å². The van der Waals surface area contributed by atoms with E-state index < -0.39 is 0 Å². The van der Waals surface area contributed by atoms with E-state index in [4.69, 9.17) is 4.74 Å². The molecule has 0 radical (unpaired) electrons. The van der Waals surface area contributed by atoms with Crippen LogP contribution < -0.4 is 5.56 Å². The molecule has 2 rings (SSSR count). The third-order valence-corrected chi connectivity index (χ3v) is 6.22. The molecule has 0 atom stereocenters. The van der Waals surface area contributed by atoms with Crippen molar-refractivity contribution in [3.8, 4) is 0 Å². The second-order valence-corrected chi connectivity index (χ2v) is 8.56. The molecule has 0 saturated heterocycles. The fourth-order valence-corrected chi connectivity index (χ4v) is 4.39. The standard InChI is InChI=1S/C23H35NO3S/c1-2-3-4-5-6-7-8-9-10-11-12-17-22(25)27-19-18-24-23(26)20-15-13-14-16-21(20)28-24/h13-16H,2-12,17-19H2,1H3. The zero-order valence-corrected chi connectivity index (χ0v) is 18.1. The largest absolute Gasteiger partial charge is 0.464 e. The molecule has 0 unspecified atom stereocenters. The molecular weight excluding hydrogens is 370 g/mol. The number of hydrogen-bond acceptors (Lipinski definition) is 4. The van der Waals surface area contributed by atoms with E-state index in [0.717, 1.165) is 22.9 Å². The maximum Gasteiger partial charge on any atom is 0.305 e. The summed E-state index contributed by atoms with van der Waals surface area (Å²) < 4.78 is 7.94. The van der Waals surface area contributed by atoms with Crippen molar-refractivity contribution >= 4 is 27.6 Å². The van der Waals surface area contributed by atoms with Crippen LogP contribution in [0.3, 0.4) is 0 Å². The molecule has 5 heteroatoms. The first-order valence-electron chi connectivity index (χ1n) is 11.0. The van der Waals surface area contributed by atoms with E-state index in [1.54, 1.807) is 3.96 Å². The molecule has 0 fully saturated rings. The Bertz CT molecular complexity index is 750. The Balaban J connectivity index is 1.47. The van der Waals surface area contributed by atoms with E-state index in [1.807, 2.05) is 24.3 Å². The first-order valence-corrected chi connectivity index (χ1v) is 11.7. The third kappa shape index (κ3) is 8.17. The second kappa shape index (κ2) is 13.5. The van der Waals surface area contributed by atoms with E-state index in [9.17, 15) is 9.59 Å². The highest BCUT2D eigenvalue weighted by Gasteiger charge is 2.08. The van der Waals surface area contributed by atoms with Crippen LogP contribution in [0.5, 0.6) is 0 Å². The highest BCUT2D eigenvalue weighted by molar-refractivity contribution is 7.13. The van der Waals surface area contributed by atoms with Gasteiger partial charge in [0.05, 0.1) is 16.6 Å². The van der Waals surface area contributed by atoms with Crippen molar-refractivity contribution in [2.75, 3.05) is 6.61 Å². The smallest absolute Gasteiger partial charge is 0.305 e. The first kappa shape index (κ1) is 22.7. The van der Waals surface area contributed by atoms with Crippen molar-refractivity contribution in [2.45, 2.75) is 90.5 Å². The van der Waals surface area contributed by atoms with Gasteiger partial charge in [-0.1, -0.05) is 94.8 Å². The van der Waals surface area contributed by atoms with E-state index in [2.05, 4.69) is 6.92 Å². The summed E-state index contributed by atoms with van der Waals surface area (Å²) in [7, 11) is 0. The highest BCUT2D eigenvalue weighted by atomic mass is 32.1. The Kier molecular flexibility index (Phi) is 11.0. The molecule has 0 aliphatic heterocycles. The monoisotopic (exact) mass is 405 g/mol. The zero-order valence-electron chi connectivity index (χ0n) is 17.3. The zero-order chi connectivity index (χ0) is 20.0. The Labute approximate surface area is 173 Å². The number of rotatable bonds is 15. The minimum atomic E-state index is -0.148. The fourth-order valence-electron chi connectivity index (χ4n) is 3.41. The van der Waals surface area contributed by atoms with Crippen LogP contribution in [-0.2, 0) is 16.1 Å². The topological polar surface area (TPSA) is 48.3 Å². The van der Waals surface area contributed by atoms with Crippen LogP contribution in [0, 0.1) is 0 Å². The van der Waals surface area contributed by atoms with Crippen LogP contribution in [0.2, 0.25) is 0 Å². The predicted molar refractivity (Wildman–Crippen MR) is 118 cm³/mol. The van der Waals surface area contributed by atoms with Crippen molar-refractivity contribution in [1.29, 1.82) is 0 Å². The van der Waals surface area contributed by atoms with Crippen molar-refractivity contribution in [3.05, 3.63) is 34.6 Å². The van der Waals surface area contributed by atoms with Gasteiger partial charge in [-0.15, -0.1) is 0 Å². The number of esters is 1. The van der Waals surface area contributed by atoms with Gasteiger partial charge in [0.2, 0.25) is 0 Å². The van der Waals surface area contributed by atoms with Crippen molar-refractivity contribution in [2.24, 2.45) is 0 Å². The number of carbonyl (C=O) groups is 1. The predicted octanol–water partition coefficient (Wildman–Crippen LogP) is 6.31. The van der Waals surface area contributed by atoms with Crippen LogP contribution in [0.4, 0.5) is 0 Å². The summed E-state index contributed by atoms with van der Waals surface area (Å²) in [6, 6.07) is 7.57. The van der Waals surface area contributed by atoms with Crippen LogP contribution in [-0.4, -0.2) is 16.5 Å². The van der Waals surface area contributed by atoms with E-state index in [1.165, 1.54) is 69.3 Å². The SMILES string of the molecule is CCCCCCCCCCCCCC(=O)OCCn1sc2ccccc2c1=O. The minimum Gasteiger partial charge on any atom is -0.464 e. The van der Waals surface area contributed by atoms with Gasteiger partial charge in [0.15, 0.2) is 0 Å². The molecule has 2 aromatic rings. The normalized spacial score (nSPS) is 11.2. The highest BCUT2D eigenvalue weighted by Crippen LogP contribution is 2.16. The van der Waals surface area contributed by atoms with Crippen molar-refractivity contribution in [1.82, 2.24) is 3.96 Å². The van der Waals surface area contributed by atoms with Gasteiger partial charge in [-0.05, 0) is 18.6 Å². The molecule has 0 aliphatic rings. The molecule has 0 N–H and O–H groups in total. The summed E-state index contributed by atoms with van der Waals surface area (Å²) in [4.78, 5) is 24.1. The fraction of sp³-hybridized carbons (Fsp3) is 0.652. The van der Waals surface area contributed by atoms with Gasteiger partial charge in [0.1, 0.15) is 6.61 Å². The van der Waals surface area contributed by atoms with E-state index in [0.29, 0.717) is 13.0 Å². The molecule has 0 amide bonds. The summed E-state index contributed by atoms with van der Waals surface area (Å²) in [5, 5.41) is 0.736. The molecule has 1 aromatic carbocycles. The lowest BCUT2D eigenvalue weighted by molar-refractivity contribution is -0.144. The molecule has 0 bridgehead atoms. The molecule has 1 heterocycles. The lowest BCUT2D eigenvalue weighted by Crippen LogP contribution is -2.17. The maximum atomic E-state index is 12.2. The molecule has 0 spiro atoms. The summed E-state index contributed by atoms with van der Waals surface area (Å²) in [6.45, 7) is 2.95. The maximum absolute atomic E-state index is 12.2. The molecule has 1 aromatic heterocycles. The number of nitrogens with zero attached hydrogens (tertiary/aromatic N) is 1. The number of aromatic nitrogens is 1. The molecular formula is C23H35NO3S. The Morgan fingerprint density at radius 1 is 0.929 bits per heavy atom. The summed E-state index contributed by atoms with van der Waals surface area (Å²) in [6.07, 6.45) is 14.5. The average Bonchev–Trinajstić information content (AvgIpc) is 3.02. The quantitative estimate of drug-likeness (QED) is 0.258. The molecule has 0 aliphatic carbocycles. The Morgan fingerprint density at radius 3 is 2.18 bits per heavy atom. The van der Waals surface area contributed by atoms with Crippen molar-refractivity contribution < 1.29 is 9.53 Å². The number of carbonyl (C=O) groups excluding carboxylic acids is 1. The molecule has 156 valence electrons. The number of fused-ring (bicyclic) bond motifs is 1. The first-order chi connectivity index (χ1) is 13.7. The van der Waals surface area contributed by atoms with Gasteiger partial charge in [0, 0.05) is 6.42 Å². The van der Waals surface area contributed by atoms with Gasteiger partial charge in [-0.2, -0.15) is 0 Å². The minimum absolute atomic E-state index is 0.00186. The Hall–Kier alpha value is -1.62. The van der Waals surface area contributed by atoms with Crippen molar-refractivity contribution in [3.63, 3.8) is 0 Å². The molecule has 0 saturated carbocycles. The average molecular weight is 406 g/mol. The van der Waals surface area contributed by atoms with Crippen LogP contribution in [0.25, 0.3) is 10.1 Å². The lowest BCUT2D eigenvalue weighted by atomic mass is 10.1. The van der Waals surface area contributed by atoms with E-state index in [-0.39, 0.29) is 18.1 Å². The summed E-state index contributed by atoms with van der Waals surface area (Å²) in [5.74, 6) is -0.148. The van der Waals surface area contributed by atoms with Crippen LogP contribution in [0.15, 0.2) is 29.1 Å². The van der Waals surface area contributed by atoms with E-state index >= 15 is 0 Å². The lowest BCUT2D eigenvalue weighted by Gasteiger charge is -2.05. The van der Waals surface area contributed by atoms with Gasteiger partial charge < -0.3 is 4.74 Å². The molecule has 4 nitrogen and oxygen atoms in total. The second-order valence-electron chi connectivity index (χ2n) is 7.50. The Morgan fingerprint density at radius 2 is 1.54 bits per heavy atom. The number of benzene rings is 1. The van der Waals surface area contributed by atoms with Gasteiger partial charge >= 0.3 is 5.97 Å². The van der Waals surface area contributed by atoms with Crippen LogP contribution in [0.1, 0.15) is 84.0 Å². The van der Waals surface area contributed by atoms with Gasteiger partial charge in [0.25, 0.3) is 5.56 Å². The van der Waals surface area contributed by atoms with Gasteiger partial charge in [-0.25, -0.2) is 0 Å². The molecule has 28 heavy (non-hydrogen) atoms. The number of unbranched alkanes of at least 4 members (excludes halogenated alkanes) is 10. The number of hydrogen-bond donors (Lipinski definition) is 0. The number of ether oxygens (including phenoxy) is 1. The third-order valence-electron chi connectivity index (χ3n) is 5.09. The summed E-state index contributed by atoms with van der Waals surface area (Å²) >= 11 is 1.42. The van der Waals surface area contributed by atoms with Gasteiger partial charge in [-0.3, -0.25) is 13.5 Å². The summed E-state index contributed by atoms with van der Waals surface area (Å²) in [5.41, 5.74) is 0.00186.